The highest BCUT2D eigenvalue weighted by Crippen LogP contribution is 2.39. The molecule has 188 valence electrons. The molecule has 0 bridgehead atoms. The van der Waals surface area contributed by atoms with Crippen LogP contribution in [0, 0.1) is 5.41 Å². The molecule has 3 rings (SSSR count). The molecule has 1 unspecified atom stereocenters. The molecule has 0 aliphatic rings. The molecule has 8 heteroatoms. The number of imidazole rings is 1. The quantitative estimate of drug-likeness (QED) is 0.427. The summed E-state index contributed by atoms with van der Waals surface area (Å²) in [7, 11) is 1.48. The predicted octanol–water partition coefficient (Wildman–Crippen LogP) is 4.23. The minimum absolute atomic E-state index is 0.0761. The Hall–Kier alpha value is -3.10. The van der Waals surface area contributed by atoms with E-state index in [1.54, 1.807) is 11.1 Å². The van der Waals surface area contributed by atoms with Crippen LogP contribution in [0.25, 0.3) is 0 Å². The Bertz CT molecular complexity index is 1010. The van der Waals surface area contributed by atoms with Crippen molar-refractivity contribution >= 4 is 5.91 Å². The van der Waals surface area contributed by atoms with Crippen LogP contribution in [0.4, 0.5) is 4.39 Å². The summed E-state index contributed by atoms with van der Waals surface area (Å²) in [6.07, 6.45) is 5.77. The Morgan fingerprint density at radius 2 is 1.86 bits per heavy atom. The number of rotatable bonds is 11. The minimum Gasteiger partial charge on any atom is -0.375 e. The first kappa shape index (κ1) is 26.5. The first-order valence-electron chi connectivity index (χ1n) is 11.9. The summed E-state index contributed by atoms with van der Waals surface area (Å²) in [6.45, 7) is 5.75. The molecule has 0 spiro atoms. The molecule has 2 aromatic heterocycles. The monoisotopic (exact) mass is 481 g/mol. The molecule has 0 radical (unpaired) electrons. The van der Waals surface area contributed by atoms with E-state index in [9.17, 15) is 9.18 Å². The fraction of sp³-hybridized carbons (Fsp3) is 0.444. The zero-order valence-electron chi connectivity index (χ0n) is 20.9. The molecule has 0 aliphatic heterocycles. The number of methoxy groups -OCH3 is 1. The Kier molecular flexibility index (Phi) is 9.12. The number of benzene rings is 1. The lowest BCUT2D eigenvalue weighted by molar-refractivity contribution is -0.140. The molecule has 3 aromatic rings. The Morgan fingerprint density at radius 1 is 1.14 bits per heavy atom. The lowest BCUT2D eigenvalue weighted by Crippen LogP contribution is -2.45. The molecular formula is C27H36FN5O2. The van der Waals surface area contributed by atoms with Gasteiger partial charge in [0, 0.05) is 44.0 Å². The van der Waals surface area contributed by atoms with Crippen LogP contribution in [0.2, 0.25) is 0 Å². The highest BCUT2D eigenvalue weighted by molar-refractivity contribution is 5.78. The number of nitrogens with zero attached hydrogens (tertiary/aromatic N) is 3. The lowest BCUT2D eigenvalue weighted by atomic mass is 9.84. The minimum atomic E-state index is -0.638. The van der Waals surface area contributed by atoms with Crippen LogP contribution < -0.4 is 5.73 Å². The van der Waals surface area contributed by atoms with Crippen molar-refractivity contribution < 1.29 is 13.9 Å². The molecule has 3 N–H and O–H groups in total. The van der Waals surface area contributed by atoms with Crippen molar-refractivity contribution in [3.05, 3.63) is 83.7 Å². The van der Waals surface area contributed by atoms with E-state index in [0.717, 1.165) is 16.8 Å². The van der Waals surface area contributed by atoms with E-state index in [1.165, 1.54) is 7.11 Å². The number of pyridine rings is 1. The Labute approximate surface area is 206 Å². The van der Waals surface area contributed by atoms with E-state index in [1.807, 2.05) is 42.7 Å². The van der Waals surface area contributed by atoms with Gasteiger partial charge in [-0.2, -0.15) is 0 Å². The third kappa shape index (κ3) is 6.74. The van der Waals surface area contributed by atoms with E-state index in [0.29, 0.717) is 18.8 Å². The standard InChI is InChI=1S/C27H36FN5O2/c1-27(2,3)25(33(23(34)18-35-4)14-12-21(29)15-28)26-31-17-22(32-26)24(19-9-6-5-7-10-19)20-11-8-13-30-16-20/h5-11,13,16-17,21,24-25H,12,14-15,18,29H2,1-4H3,(H,31,32)/t21-,24-,25?/m1/s1. The number of aromatic amines is 1. The van der Waals surface area contributed by atoms with Crippen molar-refractivity contribution in [1.29, 1.82) is 0 Å². The van der Waals surface area contributed by atoms with Crippen molar-refractivity contribution in [3.63, 3.8) is 0 Å². The van der Waals surface area contributed by atoms with Crippen LogP contribution in [0.3, 0.4) is 0 Å². The van der Waals surface area contributed by atoms with E-state index >= 15 is 0 Å². The number of H-pyrrole nitrogens is 1. The lowest BCUT2D eigenvalue weighted by Gasteiger charge is -2.39. The molecule has 0 saturated carbocycles. The number of amides is 1. The van der Waals surface area contributed by atoms with Crippen molar-refractivity contribution in [2.75, 3.05) is 26.9 Å². The molecule has 3 atom stereocenters. The van der Waals surface area contributed by atoms with Crippen molar-refractivity contribution in [3.8, 4) is 0 Å². The number of hydrogen-bond donors (Lipinski definition) is 2. The van der Waals surface area contributed by atoms with Gasteiger partial charge in [-0.3, -0.25) is 9.78 Å². The molecule has 7 nitrogen and oxygen atoms in total. The number of nitrogens with one attached hydrogen (secondary N) is 1. The number of alkyl halides is 1. The molecule has 35 heavy (non-hydrogen) atoms. The number of hydrogen-bond acceptors (Lipinski definition) is 5. The summed E-state index contributed by atoms with van der Waals surface area (Å²) in [5.74, 6) is 0.369. The van der Waals surface area contributed by atoms with Gasteiger partial charge in [0.1, 0.15) is 19.1 Å². The molecule has 0 saturated heterocycles. The van der Waals surface area contributed by atoms with Gasteiger partial charge in [-0.05, 0) is 29.0 Å². The third-order valence-corrected chi connectivity index (χ3v) is 5.99. The zero-order valence-corrected chi connectivity index (χ0v) is 20.9. The highest BCUT2D eigenvalue weighted by atomic mass is 19.1. The second-order valence-corrected chi connectivity index (χ2v) is 9.85. The van der Waals surface area contributed by atoms with E-state index in [2.05, 4.69) is 42.9 Å². The normalized spacial score (nSPS) is 14.3. The third-order valence-electron chi connectivity index (χ3n) is 5.99. The van der Waals surface area contributed by atoms with Crippen molar-refractivity contribution in [1.82, 2.24) is 19.9 Å². The molecular weight excluding hydrogens is 445 g/mol. The maximum Gasteiger partial charge on any atom is 0.249 e. The van der Waals surface area contributed by atoms with Crippen LogP contribution in [0.5, 0.6) is 0 Å². The van der Waals surface area contributed by atoms with Crippen LogP contribution >= 0.6 is 0 Å². The van der Waals surface area contributed by atoms with Gasteiger partial charge in [0.15, 0.2) is 0 Å². The van der Waals surface area contributed by atoms with Crippen LogP contribution in [-0.2, 0) is 9.53 Å². The largest absolute Gasteiger partial charge is 0.375 e. The number of carbonyl (C=O) groups excluding carboxylic acids is 1. The SMILES string of the molecule is COCC(=O)N(CC[C@@H](N)CF)C(c1ncc([C@H](c2ccccc2)c2cccnc2)[nH]1)C(C)(C)C. The molecule has 0 aliphatic carbocycles. The summed E-state index contributed by atoms with van der Waals surface area (Å²) in [6, 6.07) is 13.1. The van der Waals surface area contributed by atoms with Gasteiger partial charge in [-0.25, -0.2) is 9.37 Å². The summed E-state index contributed by atoms with van der Waals surface area (Å²) in [5.41, 5.74) is 8.50. The first-order valence-corrected chi connectivity index (χ1v) is 11.9. The summed E-state index contributed by atoms with van der Waals surface area (Å²) >= 11 is 0. The number of carbonyl (C=O) groups is 1. The van der Waals surface area contributed by atoms with E-state index in [-0.39, 0.29) is 23.8 Å². The first-order chi connectivity index (χ1) is 16.8. The Morgan fingerprint density at radius 3 is 2.46 bits per heavy atom. The van der Waals surface area contributed by atoms with Gasteiger partial charge in [0.25, 0.3) is 0 Å². The van der Waals surface area contributed by atoms with Crippen molar-refractivity contribution in [2.45, 2.75) is 45.2 Å². The van der Waals surface area contributed by atoms with Crippen LogP contribution in [0.1, 0.15) is 61.8 Å². The van der Waals surface area contributed by atoms with Gasteiger partial charge in [0.2, 0.25) is 5.91 Å². The highest BCUT2D eigenvalue weighted by Gasteiger charge is 2.37. The fourth-order valence-corrected chi connectivity index (χ4v) is 4.39. The smallest absolute Gasteiger partial charge is 0.249 e. The van der Waals surface area contributed by atoms with E-state index in [4.69, 9.17) is 15.5 Å². The average molecular weight is 482 g/mol. The van der Waals surface area contributed by atoms with Gasteiger partial charge in [-0.15, -0.1) is 0 Å². The van der Waals surface area contributed by atoms with Crippen molar-refractivity contribution in [2.24, 2.45) is 11.1 Å². The van der Waals surface area contributed by atoms with Gasteiger partial charge >= 0.3 is 0 Å². The van der Waals surface area contributed by atoms with Gasteiger partial charge < -0.3 is 20.4 Å². The van der Waals surface area contributed by atoms with Gasteiger partial charge in [0.05, 0.1) is 12.0 Å². The fourth-order valence-electron chi connectivity index (χ4n) is 4.39. The Balaban J connectivity index is 2.04. The van der Waals surface area contributed by atoms with E-state index < -0.39 is 18.8 Å². The molecule has 1 amide bonds. The maximum atomic E-state index is 13.1. The summed E-state index contributed by atoms with van der Waals surface area (Å²) in [4.78, 5) is 27.4. The summed E-state index contributed by atoms with van der Waals surface area (Å²) in [5, 5.41) is 0. The average Bonchev–Trinajstić information content (AvgIpc) is 3.30. The maximum absolute atomic E-state index is 13.1. The molecule has 0 fully saturated rings. The topological polar surface area (TPSA) is 97.1 Å². The predicted molar refractivity (Wildman–Crippen MR) is 135 cm³/mol. The van der Waals surface area contributed by atoms with Gasteiger partial charge in [-0.1, -0.05) is 57.2 Å². The second-order valence-electron chi connectivity index (χ2n) is 9.85. The summed E-state index contributed by atoms with van der Waals surface area (Å²) < 4.78 is 18.2. The number of ether oxygens (including phenoxy) is 1. The number of nitrogens with two attached hydrogens (primary N) is 1. The number of aromatic nitrogens is 3. The second kappa shape index (κ2) is 12.0. The molecule has 2 heterocycles. The number of halogens is 1. The zero-order chi connectivity index (χ0) is 25.4. The van der Waals surface area contributed by atoms with Crippen LogP contribution in [-0.4, -0.2) is 58.7 Å². The molecule has 1 aromatic carbocycles. The van der Waals surface area contributed by atoms with Crippen LogP contribution in [0.15, 0.2) is 61.1 Å².